The van der Waals surface area contributed by atoms with Crippen LogP contribution in [0.4, 0.5) is 10.1 Å². The SMILES string of the molecule is CCNC(=O)[C@H](CC)N(Cc1ccc(OC)cc1)C(=O)CN(c1ccc(F)cc1)S(=O)(=O)c1ccc2c(c1)OCCO2. The number of rotatable bonds is 12. The highest BCUT2D eigenvalue weighted by atomic mass is 32.2. The van der Waals surface area contributed by atoms with Crippen LogP contribution in [0.25, 0.3) is 0 Å². The zero-order valence-corrected chi connectivity index (χ0v) is 24.5. The molecule has 1 N–H and O–H groups in total. The van der Waals surface area contributed by atoms with E-state index in [1.54, 1.807) is 45.2 Å². The molecule has 1 heterocycles. The number of sulfonamides is 1. The molecular formula is C30H34FN3O7S. The van der Waals surface area contributed by atoms with E-state index < -0.39 is 34.3 Å². The topological polar surface area (TPSA) is 114 Å². The molecule has 224 valence electrons. The molecule has 1 aliphatic heterocycles. The molecule has 1 atom stereocenters. The first kappa shape index (κ1) is 30.6. The van der Waals surface area contributed by atoms with Crippen molar-refractivity contribution in [3.8, 4) is 17.2 Å². The van der Waals surface area contributed by atoms with Gasteiger partial charge in [-0.1, -0.05) is 19.1 Å². The molecule has 0 fully saturated rings. The molecule has 10 nitrogen and oxygen atoms in total. The van der Waals surface area contributed by atoms with Crippen molar-refractivity contribution in [3.63, 3.8) is 0 Å². The van der Waals surface area contributed by atoms with Gasteiger partial charge in [0, 0.05) is 19.2 Å². The van der Waals surface area contributed by atoms with Crippen molar-refractivity contribution < 1.29 is 36.6 Å². The van der Waals surface area contributed by atoms with Gasteiger partial charge < -0.3 is 24.4 Å². The van der Waals surface area contributed by atoms with E-state index in [-0.39, 0.29) is 35.4 Å². The molecular weight excluding hydrogens is 565 g/mol. The molecule has 0 bridgehead atoms. The molecule has 0 spiro atoms. The van der Waals surface area contributed by atoms with Crippen LogP contribution in [0.15, 0.2) is 71.6 Å². The van der Waals surface area contributed by atoms with Crippen molar-refractivity contribution in [3.05, 3.63) is 78.1 Å². The zero-order valence-electron chi connectivity index (χ0n) is 23.7. The van der Waals surface area contributed by atoms with E-state index in [1.807, 2.05) is 0 Å². The van der Waals surface area contributed by atoms with Gasteiger partial charge in [-0.25, -0.2) is 12.8 Å². The summed E-state index contributed by atoms with van der Waals surface area (Å²) in [6, 6.07) is 15.1. The highest BCUT2D eigenvalue weighted by Crippen LogP contribution is 2.34. The molecule has 3 aromatic carbocycles. The standard InChI is InChI=1S/C30H34FN3O7S/c1-4-26(30(36)32-5-2)33(19-21-6-12-24(39-3)13-7-21)29(35)20-34(23-10-8-22(31)9-11-23)42(37,38)25-14-15-27-28(18-25)41-17-16-40-27/h6-15,18,26H,4-5,16-17,19-20H2,1-3H3,(H,32,36)/t26-/m0/s1. The van der Waals surface area contributed by atoms with Gasteiger partial charge in [-0.2, -0.15) is 0 Å². The van der Waals surface area contributed by atoms with Gasteiger partial charge in [0.1, 0.15) is 37.4 Å². The number of carbonyl (C=O) groups is 2. The van der Waals surface area contributed by atoms with Crippen LogP contribution in [0.2, 0.25) is 0 Å². The highest BCUT2D eigenvalue weighted by molar-refractivity contribution is 7.92. The van der Waals surface area contributed by atoms with E-state index in [1.165, 1.54) is 35.2 Å². The Balaban J connectivity index is 1.73. The van der Waals surface area contributed by atoms with Crippen molar-refractivity contribution >= 4 is 27.5 Å². The zero-order chi connectivity index (χ0) is 30.3. The number of halogens is 1. The Labute approximate surface area is 245 Å². The molecule has 0 saturated carbocycles. The molecule has 0 radical (unpaired) electrons. The van der Waals surface area contributed by atoms with E-state index in [0.717, 1.165) is 22.0 Å². The van der Waals surface area contributed by atoms with Crippen LogP contribution in [0.3, 0.4) is 0 Å². The molecule has 0 aromatic heterocycles. The van der Waals surface area contributed by atoms with Gasteiger partial charge in [-0.05, 0) is 67.4 Å². The first-order chi connectivity index (χ1) is 20.2. The number of ether oxygens (including phenoxy) is 3. The summed E-state index contributed by atoms with van der Waals surface area (Å²) < 4.78 is 59.1. The Morgan fingerprint density at radius 3 is 2.26 bits per heavy atom. The first-order valence-corrected chi connectivity index (χ1v) is 15.0. The Bertz CT molecular complexity index is 1500. The number of nitrogens with one attached hydrogen (secondary N) is 1. The van der Waals surface area contributed by atoms with E-state index in [2.05, 4.69) is 5.32 Å². The number of methoxy groups -OCH3 is 1. The largest absolute Gasteiger partial charge is 0.497 e. The van der Waals surface area contributed by atoms with Crippen molar-refractivity contribution in [1.82, 2.24) is 10.2 Å². The smallest absolute Gasteiger partial charge is 0.264 e. The highest BCUT2D eigenvalue weighted by Gasteiger charge is 2.34. The van der Waals surface area contributed by atoms with E-state index in [4.69, 9.17) is 14.2 Å². The summed E-state index contributed by atoms with van der Waals surface area (Å²) in [5.74, 6) is -0.246. The molecule has 0 saturated heterocycles. The van der Waals surface area contributed by atoms with Crippen LogP contribution >= 0.6 is 0 Å². The number of benzene rings is 3. The lowest BCUT2D eigenvalue weighted by molar-refractivity contribution is -0.140. The molecule has 0 unspecified atom stereocenters. The Hall–Kier alpha value is -4.32. The lowest BCUT2D eigenvalue weighted by Crippen LogP contribution is -2.52. The summed E-state index contributed by atoms with van der Waals surface area (Å²) in [6.45, 7) is 3.90. The minimum Gasteiger partial charge on any atom is -0.497 e. The predicted octanol–water partition coefficient (Wildman–Crippen LogP) is 3.74. The van der Waals surface area contributed by atoms with Gasteiger partial charge in [-0.15, -0.1) is 0 Å². The molecule has 1 aliphatic rings. The van der Waals surface area contributed by atoms with E-state index in [9.17, 15) is 22.4 Å². The maximum Gasteiger partial charge on any atom is 0.264 e. The summed E-state index contributed by atoms with van der Waals surface area (Å²) in [6.07, 6.45) is 0.291. The van der Waals surface area contributed by atoms with Crippen LogP contribution < -0.4 is 23.8 Å². The summed E-state index contributed by atoms with van der Waals surface area (Å²) in [5, 5.41) is 2.76. The molecule has 42 heavy (non-hydrogen) atoms. The summed E-state index contributed by atoms with van der Waals surface area (Å²) in [7, 11) is -2.82. The Morgan fingerprint density at radius 2 is 1.64 bits per heavy atom. The van der Waals surface area contributed by atoms with Gasteiger partial charge in [0.05, 0.1) is 17.7 Å². The fraction of sp³-hybridized carbons (Fsp3) is 0.333. The molecule has 12 heteroatoms. The third kappa shape index (κ3) is 6.93. The Morgan fingerprint density at radius 1 is 0.976 bits per heavy atom. The van der Waals surface area contributed by atoms with Gasteiger partial charge >= 0.3 is 0 Å². The third-order valence-electron chi connectivity index (χ3n) is 6.74. The van der Waals surface area contributed by atoms with Crippen LogP contribution in [0.1, 0.15) is 25.8 Å². The number of nitrogens with zero attached hydrogens (tertiary/aromatic N) is 2. The molecule has 4 rings (SSSR count). The second-order valence-corrected chi connectivity index (χ2v) is 11.3. The Kier molecular flexibility index (Phi) is 9.89. The number of fused-ring (bicyclic) bond motifs is 1. The summed E-state index contributed by atoms with van der Waals surface area (Å²) in [4.78, 5) is 28.3. The molecule has 0 aliphatic carbocycles. The fourth-order valence-corrected chi connectivity index (χ4v) is 6.02. The minimum atomic E-state index is -4.36. The normalized spacial score (nSPS) is 13.1. The summed E-state index contributed by atoms with van der Waals surface area (Å²) >= 11 is 0. The van der Waals surface area contributed by atoms with Crippen LogP contribution in [0, 0.1) is 5.82 Å². The van der Waals surface area contributed by atoms with Gasteiger partial charge in [-0.3, -0.25) is 13.9 Å². The number of anilines is 1. The van der Waals surface area contributed by atoms with E-state index in [0.29, 0.717) is 31.1 Å². The fourth-order valence-electron chi connectivity index (χ4n) is 4.59. The van der Waals surface area contributed by atoms with E-state index >= 15 is 0 Å². The first-order valence-electron chi connectivity index (χ1n) is 13.6. The monoisotopic (exact) mass is 599 g/mol. The number of amides is 2. The van der Waals surface area contributed by atoms with Crippen LogP contribution in [-0.4, -0.2) is 64.6 Å². The van der Waals surface area contributed by atoms with Gasteiger partial charge in [0.25, 0.3) is 10.0 Å². The lowest BCUT2D eigenvalue weighted by Gasteiger charge is -2.33. The van der Waals surface area contributed by atoms with Crippen molar-refractivity contribution in [1.29, 1.82) is 0 Å². The predicted molar refractivity (Wildman–Crippen MR) is 155 cm³/mol. The van der Waals surface area contributed by atoms with Crippen molar-refractivity contribution in [2.45, 2.75) is 37.8 Å². The second kappa shape index (κ2) is 13.6. The average Bonchev–Trinajstić information content (AvgIpc) is 3.00. The number of likely N-dealkylation sites (N-methyl/N-ethyl adjacent to an activating group) is 1. The lowest BCUT2D eigenvalue weighted by atomic mass is 10.1. The molecule has 3 aromatic rings. The van der Waals surface area contributed by atoms with Crippen molar-refractivity contribution in [2.24, 2.45) is 0 Å². The quantitative estimate of drug-likeness (QED) is 0.337. The summed E-state index contributed by atoms with van der Waals surface area (Å²) in [5.41, 5.74) is 0.796. The second-order valence-electron chi connectivity index (χ2n) is 9.48. The van der Waals surface area contributed by atoms with Crippen molar-refractivity contribution in [2.75, 3.05) is 37.7 Å². The molecule has 2 amide bonds. The third-order valence-corrected chi connectivity index (χ3v) is 8.51. The minimum absolute atomic E-state index is 0.0415. The number of hydrogen-bond acceptors (Lipinski definition) is 7. The maximum absolute atomic E-state index is 14.0. The maximum atomic E-state index is 14.0. The number of hydrogen-bond donors (Lipinski definition) is 1. The van der Waals surface area contributed by atoms with Gasteiger partial charge in [0.2, 0.25) is 11.8 Å². The number of carbonyl (C=O) groups excluding carboxylic acids is 2. The van der Waals surface area contributed by atoms with Gasteiger partial charge in [0.15, 0.2) is 11.5 Å². The average molecular weight is 600 g/mol. The van der Waals surface area contributed by atoms with Crippen LogP contribution in [0.5, 0.6) is 17.2 Å². The van der Waals surface area contributed by atoms with Crippen LogP contribution in [-0.2, 0) is 26.2 Å².